The largest absolute Gasteiger partial charge is 0.380 e. The minimum atomic E-state index is -0.406. The zero-order valence-corrected chi connectivity index (χ0v) is 5.63. The molecule has 1 heterocycles. The fourth-order valence-corrected chi connectivity index (χ4v) is 1.01. The van der Waals surface area contributed by atoms with Gasteiger partial charge in [0, 0.05) is 12.6 Å². The number of ether oxygens (including phenoxy) is 1. The Balaban J connectivity index is 2.11. The second-order valence-corrected chi connectivity index (χ2v) is 2.40. The molecule has 3 nitrogen and oxygen atoms in total. The molecule has 0 saturated carbocycles. The standard InChI is InChI=1S/C6H13NO2/c1-5(8)7-6-2-3-9-4-6/h5-8H,2-4H2,1H3. The number of hydrogen-bond acceptors (Lipinski definition) is 3. The predicted molar refractivity (Wildman–Crippen MR) is 34.0 cm³/mol. The average Bonchev–Trinajstić information content (AvgIpc) is 2.15. The van der Waals surface area contributed by atoms with Gasteiger partial charge in [-0.1, -0.05) is 0 Å². The van der Waals surface area contributed by atoms with Gasteiger partial charge in [0.25, 0.3) is 0 Å². The van der Waals surface area contributed by atoms with E-state index >= 15 is 0 Å². The molecule has 0 aliphatic carbocycles. The second-order valence-electron chi connectivity index (χ2n) is 2.40. The van der Waals surface area contributed by atoms with Crippen molar-refractivity contribution in [2.45, 2.75) is 25.6 Å². The van der Waals surface area contributed by atoms with Crippen molar-refractivity contribution in [2.24, 2.45) is 0 Å². The monoisotopic (exact) mass is 131 g/mol. The van der Waals surface area contributed by atoms with Crippen LogP contribution in [0.2, 0.25) is 0 Å². The summed E-state index contributed by atoms with van der Waals surface area (Å²) in [6.07, 6.45) is 0.613. The van der Waals surface area contributed by atoms with Gasteiger partial charge in [-0.3, -0.25) is 5.32 Å². The zero-order chi connectivity index (χ0) is 6.69. The lowest BCUT2D eigenvalue weighted by Crippen LogP contribution is -2.36. The molecule has 9 heavy (non-hydrogen) atoms. The summed E-state index contributed by atoms with van der Waals surface area (Å²) in [5.41, 5.74) is 0. The van der Waals surface area contributed by atoms with E-state index in [9.17, 15) is 0 Å². The summed E-state index contributed by atoms with van der Waals surface area (Å²) in [5, 5.41) is 11.8. The first kappa shape index (κ1) is 6.99. The second kappa shape index (κ2) is 3.15. The number of aliphatic hydroxyl groups is 1. The lowest BCUT2D eigenvalue weighted by Gasteiger charge is -2.11. The lowest BCUT2D eigenvalue weighted by molar-refractivity contribution is 0.129. The number of rotatable bonds is 2. The summed E-state index contributed by atoms with van der Waals surface area (Å²) < 4.78 is 5.08. The summed E-state index contributed by atoms with van der Waals surface area (Å²) in [4.78, 5) is 0. The van der Waals surface area contributed by atoms with E-state index in [1.54, 1.807) is 6.92 Å². The van der Waals surface area contributed by atoms with Crippen molar-refractivity contribution in [3.63, 3.8) is 0 Å². The maximum atomic E-state index is 8.85. The third kappa shape index (κ3) is 2.30. The summed E-state index contributed by atoms with van der Waals surface area (Å²) in [5.74, 6) is 0. The van der Waals surface area contributed by atoms with E-state index in [-0.39, 0.29) is 0 Å². The van der Waals surface area contributed by atoms with Gasteiger partial charge >= 0.3 is 0 Å². The van der Waals surface area contributed by atoms with Crippen LogP contribution in [0.5, 0.6) is 0 Å². The van der Waals surface area contributed by atoms with E-state index in [1.165, 1.54) is 0 Å². The SMILES string of the molecule is CC(O)NC1CCOC1. The van der Waals surface area contributed by atoms with Gasteiger partial charge in [-0.15, -0.1) is 0 Å². The first-order valence-corrected chi connectivity index (χ1v) is 3.31. The Morgan fingerprint density at radius 2 is 2.56 bits per heavy atom. The molecule has 0 radical (unpaired) electrons. The summed E-state index contributed by atoms with van der Waals surface area (Å²) in [6.45, 7) is 3.29. The van der Waals surface area contributed by atoms with Gasteiger partial charge in [-0.05, 0) is 13.3 Å². The van der Waals surface area contributed by atoms with E-state index in [0.717, 1.165) is 19.6 Å². The van der Waals surface area contributed by atoms with E-state index < -0.39 is 6.23 Å². The highest BCUT2D eigenvalue weighted by Gasteiger charge is 2.15. The van der Waals surface area contributed by atoms with Crippen molar-refractivity contribution >= 4 is 0 Å². The van der Waals surface area contributed by atoms with E-state index in [2.05, 4.69) is 5.32 Å². The summed E-state index contributed by atoms with van der Waals surface area (Å²) in [6, 6.07) is 0.366. The van der Waals surface area contributed by atoms with Gasteiger partial charge in [0.15, 0.2) is 0 Å². The fourth-order valence-electron chi connectivity index (χ4n) is 1.01. The molecule has 0 bridgehead atoms. The summed E-state index contributed by atoms with van der Waals surface area (Å²) in [7, 11) is 0. The van der Waals surface area contributed by atoms with Crippen molar-refractivity contribution in [1.29, 1.82) is 0 Å². The molecule has 0 aromatic carbocycles. The lowest BCUT2D eigenvalue weighted by atomic mass is 10.2. The molecule has 0 aromatic heterocycles. The quantitative estimate of drug-likeness (QED) is 0.506. The van der Waals surface area contributed by atoms with Crippen molar-refractivity contribution in [3.8, 4) is 0 Å². The Morgan fingerprint density at radius 1 is 1.78 bits per heavy atom. The van der Waals surface area contributed by atoms with Gasteiger partial charge in [0.2, 0.25) is 0 Å². The number of hydrogen-bond donors (Lipinski definition) is 2. The maximum Gasteiger partial charge on any atom is 0.102 e. The van der Waals surface area contributed by atoms with Crippen LogP contribution in [-0.2, 0) is 4.74 Å². The minimum absolute atomic E-state index is 0.366. The maximum absolute atomic E-state index is 8.85. The smallest absolute Gasteiger partial charge is 0.102 e. The molecule has 0 aromatic rings. The molecule has 1 saturated heterocycles. The zero-order valence-electron chi connectivity index (χ0n) is 5.63. The highest BCUT2D eigenvalue weighted by atomic mass is 16.5. The topological polar surface area (TPSA) is 41.5 Å². The highest BCUT2D eigenvalue weighted by molar-refractivity contribution is 4.70. The Hall–Kier alpha value is -0.120. The van der Waals surface area contributed by atoms with Crippen LogP contribution in [0.1, 0.15) is 13.3 Å². The molecular weight excluding hydrogens is 118 g/mol. The Labute approximate surface area is 55.0 Å². The van der Waals surface area contributed by atoms with Gasteiger partial charge in [-0.2, -0.15) is 0 Å². The van der Waals surface area contributed by atoms with Gasteiger partial charge < -0.3 is 9.84 Å². The van der Waals surface area contributed by atoms with Crippen molar-refractivity contribution in [1.82, 2.24) is 5.32 Å². The first-order chi connectivity index (χ1) is 4.29. The number of aliphatic hydroxyl groups excluding tert-OH is 1. The highest BCUT2D eigenvalue weighted by Crippen LogP contribution is 2.02. The fraction of sp³-hybridized carbons (Fsp3) is 1.00. The third-order valence-corrected chi connectivity index (χ3v) is 1.41. The van der Waals surface area contributed by atoms with Crippen LogP contribution >= 0.6 is 0 Å². The van der Waals surface area contributed by atoms with Gasteiger partial charge in [0.05, 0.1) is 6.61 Å². The van der Waals surface area contributed by atoms with Crippen LogP contribution in [0.4, 0.5) is 0 Å². The molecule has 1 rings (SSSR count). The van der Waals surface area contributed by atoms with Crippen LogP contribution < -0.4 is 5.32 Å². The molecular formula is C6H13NO2. The molecule has 0 amide bonds. The molecule has 2 atom stereocenters. The molecule has 3 heteroatoms. The van der Waals surface area contributed by atoms with Crippen LogP contribution in [0.15, 0.2) is 0 Å². The summed E-state index contributed by atoms with van der Waals surface area (Å²) >= 11 is 0. The van der Waals surface area contributed by atoms with E-state index in [1.807, 2.05) is 0 Å². The van der Waals surface area contributed by atoms with Crippen LogP contribution in [0.25, 0.3) is 0 Å². The third-order valence-electron chi connectivity index (χ3n) is 1.41. The van der Waals surface area contributed by atoms with Crippen molar-refractivity contribution in [3.05, 3.63) is 0 Å². The van der Waals surface area contributed by atoms with Crippen LogP contribution in [-0.4, -0.2) is 30.6 Å². The first-order valence-electron chi connectivity index (χ1n) is 3.31. The van der Waals surface area contributed by atoms with Crippen LogP contribution in [0, 0.1) is 0 Å². The number of nitrogens with one attached hydrogen (secondary N) is 1. The predicted octanol–water partition coefficient (Wildman–Crippen LogP) is -0.297. The van der Waals surface area contributed by atoms with Gasteiger partial charge in [-0.25, -0.2) is 0 Å². The molecule has 54 valence electrons. The van der Waals surface area contributed by atoms with Crippen molar-refractivity contribution in [2.75, 3.05) is 13.2 Å². The Morgan fingerprint density at radius 3 is 3.00 bits per heavy atom. The molecule has 0 spiro atoms. The molecule has 2 N–H and O–H groups in total. The van der Waals surface area contributed by atoms with Crippen LogP contribution in [0.3, 0.4) is 0 Å². The van der Waals surface area contributed by atoms with E-state index in [0.29, 0.717) is 6.04 Å². The molecule has 2 unspecified atom stereocenters. The Kier molecular flexibility index (Phi) is 2.45. The van der Waals surface area contributed by atoms with E-state index in [4.69, 9.17) is 9.84 Å². The average molecular weight is 131 g/mol. The molecule has 1 aliphatic heterocycles. The van der Waals surface area contributed by atoms with Gasteiger partial charge in [0.1, 0.15) is 6.23 Å². The molecule has 1 fully saturated rings. The van der Waals surface area contributed by atoms with Crippen molar-refractivity contribution < 1.29 is 9.84 Å². The minimum Gasteiger partial charge on any atom is -0.380 e. The Bertz CT molecular complexity index is 79.1. The molecule has 1 aliphatic rings. The normalized spacial score (nSPS) is 30.7.